The predicted octanol–water partition coefficient (Wildman–Crippen LogP) is 12.9. The van der Waals surface area contributed by atoms with Crippen LogP contribution >= 0.6 is 0 Å². The molecule has 0 radical (unpaired) electrons. The minimum Gasteiger partial charge on any atom is -0.457 e. The summed E-state index contributed by atoms with van der Waals surface area (Å²) in [4.78, 5) is 12.9. The van der Waals surface area contributed by atoms with E-state index in [4.69, 9.17) is 18.9 Å². The number of carbonyl (C=O) groups is 1. The Morgan fingerprint density at radius 1 is 0.582 bits per heavy atom. The highest BCUT2D eigenvalue weighted by molar-refractivity contribution is 7.80. The minimum atomic E-state index is -5.07. The molecule has 1 heterocycles. The molecule has 1 aliphatic rings. The molecule has 1 aliphatic heterocycles. The third-order valence-corrected chi connectivity index (χ3v) is 13.0. The summed E-state index contributed by atoms with van der Waals surface area (Å²) >= 11 is 0. The molecule has 4 N–H and O–H groups in total. The van der Waals surface area contributed by atoms with E-state index in [1.807, 2.05) is 0 Å². The van der Waals surface area contributed by atoms with E-state index in [1.165, 1.54) is 141 Å². The lowest BCUT2D eigenvalue weighted by Crippen LogP contribution is -2.60. The van der Waals surface area contributed by atoms with Crippen LogP contribution < -0.4 is 0 Å². The molecular formula is C54H100O12S. The Hall–Kier alpha value is -1.68. The maximum Gasteiger partial charge on any atom is 0.397 e. The van der Waals surface area contributed by atoms with E-state index in [1.54, 1.807) is 0 Å². The Bertz CT molecular complexity index is 1310. The Balaban J connectivity index is 2.28. The van der Waals surface area contributed by atoms with Crippen molar-refractivity contribution < 1.29 is 56.2 Å². The smallest absolute Gasteiger partial charge is 0.397 e. The van der Waals surface area contributed by atoms with Crippen molar-refractivity contribution >= 4 is 16.4 Å². The summed E-state index contributed by atoms with van der Waals surface area (Å²) in [6.07, 6.45) is 46.2. The topological polar surface area (TPSA) is 178 Å². The molecule has 394 valence electrons. The molecule has 0 spiro atoms. The second kappa shape index (κ2) is 45.5. The molecule has 67 heavy (non-hydrogen) atoms. The van der Waals surface area contributed by atoms with Gasteiger partial charge >= 0.3 is 16.4 Å². The third kappa shape index (κ3) is 38.7. The Morgan fingerprint density at radius 2 is 1.03 bits per heavy atom. The van der Waals surface area contributed by atoms with E-state index >= 15 is 0 Å². The minimum absolute atomic E-state index is 0.0319. The zero-order chi connectivity index (χ0) is 48.9. The van der Waals surface area contributed by atoms with Crippen LogP contribution in [0.1, 0.15) is 239 Å². The molecular weight excluding hydrogens is 873 g/mol. The molecule has 1 fully saturated rings. The van der Waals surface area contributed by atoms with E-state index in [9.17, 15) is 33.1 Å². The van der Waals surface area contributed by atoms with Crippen LogP contribution in [0.4, 0.5) is 0 Å². The first-order valence-corrected chi connectivity index (χ1v) is 28.6. The van der Waals surface area contributed by atoms with Crippen molar-refractivity contribution in [1.29, 1.82) is 0 Å². The highest BCUT2D eigenvalue weighted by Gasteiger charge is 2.48. The maximum absolute atomic E-state index is 12.9. The van der Waals surface area contributed by atoms with Gasteiger partial charge in [0.1, 0.15) is 30.5 Å². The van der Waals surface area contributed by atoms with Gasteiger partial charge in [-0.05, 0) is 44.9 Å². The lowest BCUT2D eigenvalue weighted by atomic mass is 9.99. The lowest BCUT2D eigenvalue weighted by molar-refractivity contribution is -0.301. The van der Waals surface area contributed by atoms with Gasteiger partial charge in [-0.2, -0.15) is 8.42 Å². The predicted molar refractivity (Wildman–Crippen MR) is 271 cm³/mol. The van der Waals surface area contributed by atoms with Crippen LogP contribution in [-0.2, 0) is 38.3 Å². The number of hydrogen-bond donors (Lipinski definition) is 4. The lowest BCUT2D eigenvalue weighted by Gasteiger charge is -2.41. The van der Waals surface area contributed by atoms with Gasteiger partial charge in [-0.15, -0.1) is 0 Å². The average Bonchev–Trinajstić information content (AvgIpc) is 3.30. The molecule has 6 unspecified atom stereocenters. The van der Waals surface area contributed by atoms with Crippen molar-refractivity contribution in [3.05, 3.63) is 36.5 Å². The number of aliphatic hydroxyl groups is 3. The number of unbranched alkanes of at least 4 members (excludes halogenated alkanes) is 29. The largest absolute Gasteiger partial charge is 0.457 e. The Morgan fingerprint density at radius 3 is 1.51 bits per heavy atom. The normalized spacial score (nSPS) is 19.6. The van der Waals surface area contributed by atoms with Crippen molar-refractivity contribution in [2.75, 3.05) is 26.4 Å². The third-order valence-electron chi connectivity index (χ3n) is 12.5. The summed E-state index contributed by atoms with van der Waals surface area (Å²) in [5, 5.41) is 30.8. The van der Waals surface area contributed by atoms with Crippen LogP contribution in [0.2, 0.25) is 0 Å². The summed E-state index contributed by atoms with van der Waals surface area (Å²) in [6.45, 7) is 3.90. The van der Waals surface area contributed by atoms with Gasteiger partial charge in [-0.25, -0.2) is 4.18 Å². The first kappa shape index (κ1) is 63.3. The van der Waals surface area contributed by atoms with Gasteiger partial charge in [0, 0.05) is 13.0 Å². The molecule has 0 aromatic heterocycles. The number of aliphatic hydroxyl groups excluding tert-OH is 3. The Labute approximate surface area is 409 Å². The van der Waals surface area contributed by atoms with Crippen LogP contribution in [0.25, 0.3) is 0 Å². The van der Waals surface area contributed by atoms with E-state index in [0.29, 0.717) is 13.0 Å². The zero-order valence-electron chi connectivity index (χ0n) is 42.5. The fourth-order valence-corrected chi connectivity index (χ4v) is 8.96. The number of allylic oxidation sites excluding steroid dienone is 6. The standard InChI is InChI=1S/C54H100O12S/c1-3-5-7-9-11-13-15-17-19-20-21-22-23-24-25-26-27-28-30-32-34-36-38-40-42-44-62-46-48(47-63-54-52(58)53(66-67(59,60)61)51(57)49(45-55)65-54)64-50(56)43-41-39-37-35-33-31-29-18-16-14-12-10-8-6-4-2/h6,8,12,14,18,29,48-49,51-55,57-58H,3-5,7,9-11,13,15-17,19-28,30-47H2,1-2H3,(H,59,60,61)/b8-6-,14-12-,29-18-. The fourth-order valence-electron chi connectivity index (χ4n) is 8.45. The van der Waals surface area contributed by atoms with Crippen molar-refractivity contribution in [2.45, 2.75) is 275 Å². The van der Waals surface area contributed by atoms with Crippen molar-refractivity contribution in [3.8, 4) is 0 Å². The second-order valence-electron chi connectivity index (χ2n) is 18.8. The molecule has 12 nitrogen and oxygen atoms in total. The van der Waals surface area contributed by atoms with Crippen LogP contribution in [0, 0.1) is 0 Å². The van der Waals surface area contributed by atoms with Crippen LogP contribution in [-0.4, -0.2) is 97.5 Å². The number of esters is 1. The first-order valence-electron chi connectivity index (χ1n) is 27.2. The van der Waals surface area contributed by atoms with Crippen molar-refractivity contribution in [3.63, 3.8) is 0 Å². The van der Waals surface area contributed by atoms with Gasteiger partial charge in [0.25, 0.3) is 0 Å². The number of hydrogen-bond acceptors (Lipinski definition) is 11. The second-order valence-corrected chi connectivity index (χ2v) is 19.8. The van der Waals surface area contributed by atoms with E-state index in [0.717, 1.165) is 70.6 Å². The molecule has 0 saturated carbocycles. The summed E-state index contributed by atoms with van der Waals surface area (Å²) in [5.41, 5.74) is 0. The van der Waals surface area contributed by atoms with Gasteiger partial charge in [-0.1, -0.05) is 224 Å². The quantitative estimate of drug-likeness (QED) is 0.0197. The molecule has 0 aromatic carbocycles. The molecule has 0 aromatic rings. The Kier molecular flexibility index (Phi) is 43.0. The molecule has 13 heteroatoms. The van der Waals surface area contributed by atoms with Crippen LogP contribution in [0.5, 0.6) is 0 Å². The highest BCUT2D eigenvalue weighted by Crippen LogP contribution is 2.26. The number of carbonyl (C=O) groups excluding carboxylic acids is 1. The zero-order valence-corrected chi connectivity index (χ0v) is 43.3. The van der Waals surface area contributed by atoms with E-state index < -0.39 is 59.8 Å². The maximum atomic E-state index is 12.9. The van der Waals surface area contributed by atoms with Crippen molar-refractivity contribution in [2.24, 2.45) is 0 Å². The molecule has 0 bridgehead atoms. The van der Waals surface area contributed by atoms with Gasteiger partial charge in [0.15, 0.2) is 6.29 Å². The SMILES string of the molecule is CC/C=C\C/C=C\C/C=C\CCCCCCCC(=O)OC(COCCCCCCCCCCCCCCCCCCCCCCCCCCC)COC1OC(CO)C(O)C(OS(=O)(=O)O)C1O. The van der Waals surface area contributed by atoms with Gasteiger partial charge in [0.2, 0.25) is 0 Å². The molecule has 1 rings (SSSR count). The monoisotopic (exact) mass is 973 g/mol. The summed E-state index contributed by atoms with van der Waals surface area (Å²) in [5.74, 6) is -0.412. The average molecular weight is 973 g/mol. The van der Waals surface area contributed by atoms with Gasteiger partial charge in [0.05, 0.1) is 19.8 Å². The van der Waals surface area contributed by atoms with E-state index in [2.05, 4.69) is 54.5 Å². The van der Waals surface area contributed by atoms with Crippen LogP contribution in [0.3, 0.4) is 0 Å². The molecule has 0 amide bonds. The first-order chi connectivity index (χ1) is 32.6. The van der Waals surface area contributed by atoms with Gasteiger partial charge in [-0.3, -0.25) is 9.35 Å². The summed E-state index contributed by atoms with van der Waals surface area (Å²) < 4.78 is 59.3. The number of rotatable bonds is 48. The highest BCUT2D eigenvalue weighted by atomic mass is 32.3. The van der Waals surface area contributed by atoms with Crippen molar-refractivity contribution in [1.82, 2.24) is 0 Å². The molecule has 6 atom stereocenters. The van der Waals surface area contributed by atoms with Gasteiger partial charge < -0.3 is 34.3 Å². The fraction of sp³-hybridized carbons (Fsp3) is 0.870. The molecule has 0 aliphatic carbocycles. The summed E-state index contributed by atoms with van der Waals surface area (Å²) in [6, 6.07) is 0. The summed E-state index contributed by atoms with van der Waals surface area (Å²) in [7, 11) is -5.07. The van der Waals surface area contributed by atoms with E-state index in [-0.39, 0.29) is 19.6 Å². The van der Waals surface area contributed by atoms with Crippen LogP contribution in [0.15, 0.2) is 36.5 Å². The number of ether oxygens (including phenoxy) is 4. The molecule has 1 saturated heterocycles.